The van der Waals surface area contributed by atoms with Crippen LogP contribution in [-0.2, 0) is 11.2 Å². The molecule has 96 valence electrons. The van der Waals surface area contributed by atoms with Crippen LogP contribution in [0.2, 0.25) is 0 Å². The van der Waals surface area contributed by atoms with Crippen LogP contribution in [0.1, 0.15) is 31.7 Å². The summed E-state index contributed by atoms with van der Waals surface area (Å²) >= 11 is 0. The van der Waals surface area contributed by atoms with Crippen LogP contribution in [0, 0.1) is 11.7 Å². The first-order valence-corrected chi connectivity index (χ1v) is 5.60. The lowest BCUT2D eigenvalue weighted by Gasteiger charge is -2.11. The first-order valence-electron chi connectivity index (χ1n) is 5.60. The van der Waals surface area contributed by atoms with Gasteiger partial charge in [-0.1, -0.05) is 31.9 Å². The van der Waals surface area contributed by atoms with E-state index in [1.807, 2.05) is 6.92 Å². The van der Waals surface area contributed by atoms with Gasteiger partial charge in [0.15, 0.2) is 0 Å². The summed E-state index contributed by atoms with van der Waals surface area (Å²) in [4.78, 5) is 11.0. The Morgan fingerprint density at radius 3 is 2.71 bits per heavy atom. The Morgan fingerprint density at radius 1 is 1.47 bits per heavy atom. The molecule has 0 radical (unpaired) electrons. The molecule has 0 amide bonds. The topological polar surface area (TPSA) is 37.3 Å². The summed E-state index contributed by atoms with van der Waals surface area (Å²) in [5.74, 6) is -1.50. The second-order valence-electron chi connectivity index (χ2n) is 4.01. The minimum atomic E-state index is -0.794. The smallest absolute Gasteiger partial charge is 0.306 e. The van der Waals surface area contributed by atoms with E-state index in [1.165, 1.54) is 12.1 Å². The van der Waals surface area contributed by atoms with Crippen LogP contribution in [0.15, 0.2) is 24.3 Å². The van der Waals surface area contributed by atoms with Gasteiger partial charge in [-0.05, 0) is 30.5 Å². The van der Waals surface area contributed by atoms with Gasteiger partial charge in [0.25, 0.3) is 0 Å². The molecule has 0 aromatic heterocycles. The molecule has 0 bridgehead atoms. The summed E-state index contributed by atoms with van der Waals surface area (Å²) in [6, 6.07) is 6.15. The Hall–Kier alpha value is -1.09. The van der Waals surface area contributed by atoms with Crippen LogP contribution >= 0.6 is 12.4 Å². The molecular formula is C13H18ClFO2. The number of rotatable bonds is 6. The molecule has 17 heavy (non-hydrogen) atoms. The molecule has 1 aromatic carbocycles. The third-order valence-corrected chi connectivity index (χ3v) is 2.63. The van der Waals surface area contributed by atoms with Gasteiger partial charge in [-0.25, -0.2) is 4.39 Å². The largest absolute Gasteiger partial charge is 0.481 e. The number of hydrogen-bond donors (Lipinski definition) is 1. The normalized spacial score (nSPS) is 11.6. The summed E-state index contributed by atoms with van der Waals surface area (Å²) in [6.45, 7) is 2.03. The maximum absolute atomic E-state index is 12.9. The van der Waals surface area contributed by atoms with Crippen molar-refractivity contribution in [2.45, 2.75) is 32.6 Å². The van der Waals surface area contributed by atoms with Crippen LogP contribution in [0.25, 0.3) is 0 Å². The zero-order chi connectivity index (χ0) is 12.0. The molecule has 1 aromatic rings. The first-order chi connectivity index (χ1) is 7.63. The predicted octanol–water partition coefficient (Wildman–Crippen LogP) is 3.68. The number of unbranched alkanes of at least 4 members (excludes halogenated alkanes) is 1. The van der Waals surface area contributed by atoms with Gasteiger partial charge in [0, 0.05) is 0 Å². The van der Waals surface area contributed by atoms with Crippen LogP contribution in [0.5, 0.6) is 0 Å². The zero-order valence-electron chi connectivity index (χ0n) is 9.86. The molecule has 1 N–H and O–H groups in total. The Kier molecular flexibility index (Phi) is 7.55. The van der Waals surface area contributed by atoms with Crippen molar-refractivity contribution in [2.24, 2.45) is 5.92 Å². The van der Waals surface area contributed by atoms with Crippen molar-refractivity contribution in [3.05, 3.63) is 35.6 Å². The van der Waals surface area contributed by atoms with E-state index in [4.69, 9.17) is 5.11 Å². The molecule has 0 aliphatic heterocycles. The molecule has 0 fully saturated rings. The van der Waals surface area contributed by atoms with Crippen molar-refractivity contribution in [3.8, 4) is 0 Å². The number of halogens is 2. The number of carbonyl (C=O) groups is 1. The molecule has 0 saturated carbocycles. The Morgan fingerprint density at radius 2 is 2.18 bits per heavy atom. The molecule has 2 nitrogen and oxygen atoms in total. The van der Waals surface area contributed by atoms with Gasteiger partial charge in [-0.2, -0.15) is 0 Å². The fourth-order valence-electron chi connectivity index (χ4n) is 1.71. The second kappa shape index (κ2) is 8.07. The van der Waals surface area contributed by atoms with E-state index in [2.05, 4.69) is 0 Å². The lowest BCUT2D eigenvalue weighted by atomic mass is 9.94. The van der Waals surface area contributed by atoms with Crippen molar-refractivity contribution in [1.82, 2.24) is 0 Å². The maximum Gasteiger partial charge on any atom is 0.306 e. The molecule has 1 rings (SSSR count). The van der Waals surface area contributed by atoms with Crippen molar-refractivity contribution < 1.29 is 14.3 Å². The molecule has 0 aliphatic rings. The van der Waals surface area contributed by atoms with E-state index in [9.17, 15) is 9.18 Å². The van der Waals surface area contributed by atoms with Crippen LogP contribution in [0.4, 0.5) is 4.39 Å². The Labute approximate surface area is 107 Å². The quantitative estimate of drug-likeness (QED) is 0.847. The van der Waals surface area contributed by atoms with Crippen molar-refractivity contribution in [3.63, 3.8) is 0 Å². The molecule has 0 spiro atoms. The van der Waals surface area contributed by atoms with Gasteiger partial charge in [0.05, 0.1) is 5.92 Å². The average Bonchev–Trinajstić information content (AvgIpc) is 2.24. The molecular weight excluding hydrogens is 243 g/mol. The monoisotopic (exact) mass is 260 g/mol. The third kappa shape index (κ3) is 5.68. The van der Waals surface area contributed by atoms with Gasteiger partial charge < -0.3 is 5.11 Å². The highest BCUT2D eigenvalue weighted by atomic mass is 35.5. The number of carboxylic acid groups (broad SMARTS) is 1. The SMILES string of the molecule is CCCCC(Cc1cccc(F)c1)C(=O)O.Cl. The maximum atomic E-state index is 12.9. The minimum Gasteiger partial charge on any atom is -0.481 e. The predicted molar refractivity (Wildman–Crippen MR) is 68.0 cm³/mol. The molecule has 1 unspecified atom stereocenters. The van der Waals surface area contributed by atoms with E-state index in [1.54, 1.807) is 12.1 Å². The van der Waals surface area contributed by atoms with Gasteiger partial charge in [0.1, 0.15) is 5.82 Å². The number of carboxylic acids is 1. The summed E-state index contributed by atoms with van der Waals surface area (Å²) in [6.07, 6.45) is 2.94. The highest BCUT2D eigenvalue weighted by Crippen LogP contribution is 2.16. The zero-order valence-corrected chi connectivity index (χ0v) is 10.7. The van der Waals surface area contributed by atoms with Crippen LogP contribution in [0.3, 0.4) is 0 Å². The average molecular weight is 261 g/mol. The minimum absolute atomic E-state index is 0. The fourth-order valence-corrected chi connectivity index (χ4v) is 1.71. The number of aliphatic carboxylic acids is 1. The standard InChI is InChI=1S/C13H17FO2.ClH/c1-2-3-6-11(13(15)16)8-10-5-4-7-12(14)9-10;/h4-5,7,9,11H,2-3,6,8H2,1H3,(H,15,16);1H. The highest BCUT2D eigenvalue weighted by Gasteiger charge is 2.17. The highest BCUT2D eigenvalue weighted by molar-refractivity contribution is 5.85. The number of hydrogen-bond acceptors (Lipinski definition) is 1. The number of benzene rings is 1. The summed E-state index contributed by atoms with van der Waals surface area (Å²) in [5.41, 5.74) is 0.753. The van der Waals surface area contributed by atoms with E-state index >= 15 is 0 Å². The molecule has 4 heteroatoms. The van der Waals surface area contributed by atoms with Gasteiger partial charge in [-0.3, -0.25) is 4.79 Å². The fraction of sp³-hybridized carbons (Fsp3) is 0.462. The molecule has 1 atom stereocenters. The third-order valence-electron chi connectivity index (χ3n) is 2.63. The van der Waals surface area contributed by atoms with Gasteiger partial charge in [-0.15, -0.1) is 12.4 Å². The van der Waals surface area contributed by atoms with Gasteiger partial charge in [0.2, 0.25) is 0 Å². The lowest BCUT2D eigenvalue weighted by molar-refractivity contribution is -0.142. The van der Waals surface area contributed by atoms with Gasteiger partial charge >= 0.3 is 5.97 Å². The summed E-state index contributed by atoms with van der Waals surface area (Å²) in [7, 11) is 0. The van der Waals surface area contributed by atoms with Crippen LogP contribution < -0.4 is 0 Å². The second-order valence-corrected chi connectivity index (χ2v) is 4.01. The summed E-state index contributed by atoms with van der Waals surface area (Å²) in [5, 5.41) is 9.04. The Balaban J connectivity index is 0.00000256. The lowest BCUT2D eigenvalue weighted by Crippen LogP contribution is -2.16. The van der Waals surface area contributed by atoms with E-state index in [0.29, 0.717) is 12.8 Å². The van der Waals surface area contributed by atoms with Crippen molar-refractivity contribution in [2.75, 3.05) is 0 Å². The van der Waals surface area contributed by atoms with Crippen LogP contribution in [-0.4, -0.2) is 11.1 Å². The molecule has 0 saturated heterocycles. The van der Waals surface area contributed by atoms with E-state index in [-0.39, 0.29) is 18.2 Å². The van der Waals surface area contributed by atoms with E-state index < -0.39 is 11.9 Å². The molecule has 0 heterocycles. The summed E-state index contributed by atoms with van der Waals surface area (Å²) < 4.78 is 12.9. The van der Waals surface area contributed by atoms with E-state index in [0.717, 1.165) is 18.4 Å². The molecule has 0 aliphatic carbocycles. The Bertz CT molecular complexity index is 355. The first kappa shape index (κ1) is 15.9. The van der Waals surface area contributed by atoms with Crippen molar-refractivity contribution >= 4 is 18.4 Å². The van der Waals surface area contributed by atoms with Crippen molar-refractivity contribution in [1.29, 1.82) is 0 Å².